The normalized spacial score (nSPS) is 23.5. The first-order chi connectivity index (χ1) is 12.5. The van der Waals surface area contributed by atoms with Crippen LogP contribution >= 0.6 is 0 Å². The standard InChI is InChI=1S/C20H31N3O3/c1-4-22-9-5-7-16(22)12-21-19(24)18-14(2)11-15(3)23(20(18)25)13-17-8-6-10-26-17/h11,16-17H,4-10,12-13H2,1-3H3,(H,21,24)/t16-,17-/m0/s1. The van der Waals surface area contributed by atoms with Gasteiger partial charge in [0.05, 0.1) is 12.6 Å². The van der Waals surface area contributed by atoms with E-state index in [9.17, 15) is 9.59 Å². The van der Waals surface area contributed by atoms with E-state index in [0.717, 1.165) is 50.2 Å². The summed E-state index contributed by atoms with van der Waals surface area (Å²) in [7, 11) is 0. The van der Waals surface area contributed by atoms with Crippen LogP contribution in [0.25, 0.3) is 0 Å². The average molecular weight is 361 g/mol. The van der Waals surface area contributed by atoms with E-state index in [1.165, 1.54) is 6.42 Å². The van der Waals surface area contributed by atoms with Gasteiger partial charge in [0.2, 0.25) is 0 Å². The van der Waals surface area contributed by atoms with E-state index in [4.69, 9.17) is 4.74 Å². The van der Waals surface area contributed by atoms with Gasteiger partial charge in [0.1, 0.15) is 5.56 Å². The Kier molecular flexibility index (Phi) is 6.14. The summed E-state index contributed by atoms with van der Waals surface area (Å²) in [5, 5.41) is 3.00. The highest BCUT2D eigenvalue weighted by molar-refractivity contribution is 5.95. The summed E-state index contributed by atoms with van der Waals surface area (Å²) in [5.41, 5.74) is 1.70. The summed E-state index contributed by atoms with van der Waals surface area (Å²) >= 11 is 0. The van der Waals surface area contributed by atoms with Gasteiger partial charge in [0, 0.05) is 24.9 Å². The lowest BCUT2D eigenvalue weighted by Crippen LogP contribution is -2.42. The Morgan fingerprint density at radius 2 is 2.12 bits per heavy atom. The molecule has 2 aliphatic rings. The molecule has 0 unspecified atom stereocenters. The van der Waals surface area contributed by atoms with Crippen LogP contribution in [0.1, 0.15) is 54.2 Å². The largest absolute Gasteiger partial charge is 0.376 e. The highest BCUT2D eigenvalue weighted by Gasteiger charge is 2.25. The summed E-state index contributed by atoms with van der Waals surface area (Å²) in [6.45, 7) is 9.88. The van der Waals surface area contributed by atoms with Crippen LogP contribution in [0.5, 0.6) is 0 Å². The molecule has 0 aliphatic carbocycles. The Labute approximate surface area is 155 Å². The number of carbonyl (C=O) groups is 1. The zero-order valence-corrected chi connectivity index (χ0v) is 16.2. The summed E-state index contributed by atoms with van der Waals surface area (Å²) in [6, 6.07) is 2.31. The molecule has 0 bridgehead atoms. The first-order valence-electron chi connectivity index (χ1n) is 9.86. The molecule has 0 saturated carbocycles. The maximum absolute atomic E-state index is 13.0. The van der Waals surface area contributed by atoms with Crippen molar-refractivity contribution in [3.63, 3.8) is 0 Å². The van der Waals surface area contributed by atoms with Crippen LogP contribution in [0.3, 0.4) is 0 Å². The SMILES string of the molecule is CCN1CCC[C@H]1CNC(=O)c1c(C)cc(C)n(C[C@@H]2CCCO2)c1=O. The van der Waals surface area contributed by atoms with E-state index in [0.29, 0.717) is 19.1 Å². The maximum atomic E-state index is 13.0. The fourth-order valence-corrected chi connectivity index (χ4v) is 4.26. The lowest BCUT2D eigenvalue weighted by molar-refractivity contribution is 0.0920. The zero-order chi connectivity index (χ0) is 18.7. The highest BCUT2D eigenvalue weighted by atomic mass is 16.5. The Hall–Kier alpha value is -1.66. The van der Waals surface area contributed by atoms with Crippen molar-refractivity contribution in [3.8, 4) is 0 Å². The second-order valence-electron chi connectivity index (χ2n) is 7.53. The summed E-state index contributed by atoms with van der Waals surface area (Å²) in [4.78, 5) is 28.1. The van der Waals surface area contributed by atoms with E-state index in [-0.39, 0.29) is 23.1 Å². The number of hydrogen-bond donors (Lipinski definition) is 1. The van der Waals surface area contributed by atoms with Gasteiger partial charge in [0.15, 0.2) is 0 Å². The molecule has 1 aromatic heterocycles. The molecule has 1 aromatic rings. The minimum Gasteiger partial charge on any atom is -0.376 e. The predicted octanol–water partition coefficient (Wildman–Crippen LogP) is 1.86. The molecule has 6 nitrogen and oxygen atoms in total. The van der Waals surface area contributed by atoms with Crippen molar-refractivity contribution in [2.45, 2.75) is 65.1 Å². The van der Waals surface area contributed by atoms with Crippen molar-refractivity contribution in [3.05, 3.63) is 33.2 Å². The molecule has 2 aliphatic heterocycles. The molecule has 2 fully saturated rings. The van der Waals surface area contributed by atoms with Gasteiger partial charge in [-0.25, -0.2) is 0 Å². The number of likely N-dealkylation sites (tertiary alicyclic amines) is 1. The van der Waals surface area contributed by atoms with E-state index in [2.05, 4.69) is 17.1 Å². The number of nitrogens with one attached hydrogen (secondary N) is 1. The molecule has 6 heteroatoms. The number of likely N-dealkylation sites (N-methyl/N-ethyl adjacent to an activating group) is 1. The van der Waals surface area contributed by atoms with E-state index in [1.807, 2.05) is 19.9 Å². The Bertz CT molecular complexity index is 707. The van der Waals surface area contributed by atoms with Gasteiger partial charge in [-0.2, -0.15) is 0 Å². The van der Waals surface area contributed by atoms with E-state index < -0.39 is 0 Å². The predicted molar refractivity (Wildman–Crippen MR) is 102 cm³/mol. The van der Waals surface area contributed by atoms with Crippen molar-refractivity contribution in [2.75, 3.05) is 26.2 Å². The fraction of sp³-hybridized carbons (Fsp3) is 0.700. The topological polar surface area (TPSA) is 63.6 Å². The molecule has 1 amide bonds. The van der Waals surface area contributed by atoms with Gasteiger partial charge >= 0.3 is 0 Å². The second kappa shape index (κ2) is 8.35. The van der Waals surface area contributed by atoms with Crippen LogP contribution < -0.4 is 10.9 Å². The quantitative estimate of drug-likeness (QED) is 0.840. The number of aromatic nitrogens is 1. The van der Waals surface area contributed by atoms with Gasteiger partial charge in [-0.1, -0.05) is 6.92 Å². The van der Waals surface area contributed by atoms with Crippen molar-refractivity contribution >= 4 is 5.91 Å². The summed E-state index contributed by atoms with van der Waals surface area (Å²) in [6.07, 6.45) is 4.35. The van der Waals surface area contributed by atoms with Crippen LogP contribution in [0.15, 0.2) is 10.9 Å². The summed E-state index contributed by atoms with van der Waals surface area (Å²) in [5.74, 6) is -0.253. The lowest BCUT2D eigenvalue weighted by Gasteiger charge is -2.23. The molecule has 0 spiro atoms. The highest BCUT2D eigenvalue weighted by Crippen LogP contribution is 2.17. The minimum absolute atomic E-state index is 0.0709. The van der Waals surface area contributed by atoms with Crippen molar-refractivity contribution in [1.82, 2.24) is 14.8 Å². The van der Waals surface area contributed by atoms with Crippen LogP contribution in [0, 0.1) is 13.8 Å². The van der Waals surface area contributed by atoms with Gasteiger partial charge in [-0.3, -0.25) is 14.5 Å². The number of hydrogen-bond acceptors (Lipinski definition) is 4. The number of ether oxygens (including phenoxy) is 1. The van der Waals surface area contributed by atoms with Crippen molar-refractivity contribution in [2.24, 2.45) is 0 Å². The third kappa shape index (κ3) is 4.01. The Balaban J connectivity index is 1.75. The van der Waals surface area contributed by atoms with Gasteiger partial charge in [-0.15, -0.1) is 0 Å². The number of pyridine rings is 1. The van der Waals surface area contributed by atoms with Crippen molar-refractivity contribution in [1.29, 1.82) is 0 Å². The van der Waals surface area contributed by atoms with Crippen LogP contribution in [0.4, 0.5) is 0 Å². The Morgan fingerprint density at radius 3 is 2.81 bits per heavy atom. The van der Waals surface area contributed by atoms with E-state index >= 15 is 0 Å². The molecular formula is C20H31N3O3. The molecule has 2 saturated heterocycles. The number of aryl methyl sites for hydroxylation is 2. The first kappa shape index (κ1) is 19.1. The van der Waals surface area contributed by atoms with E-state index in [1.54, 1.807) is 4.57 Å². The monoisotopic (exact) mass is 361 g/mol. The molecule has 144 valence electrons. The fourth-order valence-electron chi connectivity index (χ4n) is 4.26. The average Bonchev–Trinajstić information content (AvgIpc) is 3.27. The number of rotatable bonds is 6. The summed E-state index contributed by atoms with van der Waals surface area (Å²) < 4.78 is 7.37. The van der Waals surface area contributed by atoms with Crippen LogP contribution in [-0.2, 0) is 11.3 Å². The molecule has 26 heavy (non-hydrogen) atoms. The zero-order valence-electron chi connectivity index (χ0n) is 16.2. The molecule has 2 atom stereocenters. The minimum atomic E-state index is -0.253. The lowest BCUT2D eigenvalue weighted by atomic mass is 10.1. The number of carbonyl (C=O) groups excluding carboxylic acids is 1. The van der Waals surface area contributed by atoms with Gasteiger partial charge in [0.25, 0.3) is 11.5 Å². The molecular weight excluding hydrogens is 330 g/mol. The first-order valence-corrected chi connectivity index (χ1v) is 9.86. The molecule has 3 heterocycles. The smallest absolute Gasteiger partial charge is 0.263 e. The maximum Gasteiger partial charge on any atom is 0.263 e. The van der Waals surface area contributed by atoms with Gasteiger partial charge < -0.3 is 14.6 Å². The molecule has 0 radical (unpaired) electrons. The third-order valence-corrected chi connectivity index (χ3v) is 5.75. The number of amides is 1. The number of nitrogens with zero attached hydrogens (tertiary/aromatic N) is 2. The molecule has 3 rings (SSSR count). The molecule has 1 N–H and O–H groups in total. The van der Waals surface area contributed by atoms with Crippen LogP contribution in [0.2, 0.25) is 0 Å². The molecule has 0 aromatic carbocycles. The van der Waals surface area contributed by atoms with Gasteiger partial charge in [-0.05, 0) is 64.3 Å². The van der Waals surface area contributed by atoms with Crippen LogP contribution in [-0.4, -0.2) is 53.8 Å². The third-order valence-electron chi connectivity index (χ3n) is 5.75. The van der Waals surface area contributed by atoms with Crippen molar-refractivity contribution < 1.29 is 9.53 Å². The Morgan fingerprint density at radius 1 is 1.31 bits per heavy atom. The second-order valence-corrected chi connectivity index (χ2v) is 7.53.